The van der Waals surface area contributed by atoms with Gasteiger partial charge in [-0.1, -0.05) is 24.3 Å². The molecular weight excluding hydrogens is 382 g/mol. The van der Waals surface area contributed by atoms with Gasteiger partial charge in [-0.25, -0.2) is 8.78 Å². The van der Waals surface area contributed by atoms with Crippen molar-refractivity contribution in [3.8, 4) is 22.3 Å². The lowest BCUT2D eigenvalue weighted by Crippen LogP contribution is -2.12. The fourth-order valence-electron chi connectivity index (χ4n) is 3.87. The van der Waals surface area contributed by atoms with E-state index < -0.39 is 11.6 Å². The maximum atomic E-state index is 14.5. The van der Waals surface area contributed by atoms with E-state index in [9.17, 15) is 8.78 Å². The Balaban J connectivity index is 1.65. The van der Waals surface area contributed by atoms with Crippen LogP contribution in [-0.4, -0.2) is 15.8 Å². The highest BCUT2D eigenvalue weighted by molar-refractivity contribution is 6.07. The second-order valence-corrected chi connectivity index (χ2v) is 7.05. The molecule has 0 radical (unpaired) electrons. The lowest BCUT2D eigenvalue weighted by atomic mass is 9.90. The number of halogens is 2. The van der Waals surface area contributed by atoms with Gasteiger partial charge < -0.3 is 5.73 Å². The summed E-state index contributed by atoms with van der Waals surface area (Å²) >= 11 is 0. The Morgan fingerprint density at radius 2 is 1.63 bits per heavy atom. The van der Waals surface area contributed by atoms with Crippen LogP contribution < -0.4 is 5.73 Å². The molecule has 4 nitrogen and oxygen atoms in total. The average molecular weight is 398 g/mol. The Kier molecular flexibility index (Phi) is 4.32. The smallest absolute Gasteiger partial charge is 0.142 e. The van der Waals surface area contributed by atoms with E-state index in [2.05, 4.69) is 15.0 Å². The summed E-state index contributed by atoms with van der Waals surface area (Å²) < 4.78 is 28.2. The van der Waals surface area contributed by atoms with Crippen molar-refractivity contribution in [2.45, 2.75) is 6.04 Å². The van der Waals surface area contributed by atoms with E-state index in [4.69, 9.17) is 5.73 Å². The molecule has 0 saturated carbocycles. The topological polar surface area (TPSA) is 64.2 Å². The molecule has 1 unspecified atom stereocenters. The summed E-state index contributed by atoms with van der Waals surface area (Å²) in [5.74, 6) is -0.537. The number of pyridine rings is 2. The minimum absolute atomic E-state index is 0.213. The second-order valence-electron chi connectivity index (χ2n) is 7.05. The number of nitrogens with two attached hydrogens (primary N) is 1. The summed E-state index contributed by atoms with van der Waals surface area (Å²) in [4.78, 5) is 12.6. The van der Waals surface area contributed by atoms with Crippen molar-refractivity contribution >= 4 is 5.84 Å². The van der Waals surface area contributed by atoms with Gasteiger partial charge in [0, 0.05) is 35.3 Å². The minimum atomic E-state index is -0.519. The lowest BCUT2D eigenvalue weighted by molar-refractivity contribution is 0.619. The molecule has 0 fully saturated rings. The molecule has 0 aliphatic carbocycles. The molecule has 4 aromatic rings. The van der Waals surface area contributed by atoms with E-state index in [0.29, 0.717) is 11.4 Å². The fourth-order valence-corrected chi connectivity index (χ4v) is 3.87. The molecule has 1 atom stereocenters. The second kappa shape index (κ2) is 7.15. The zero-order valence-corrected chi connectivity index (χ0v) is 15.8. The van der Waals surface area contributed by atoms with Gasteiger partial charge >= 0.3 is 0 Å². The van der Waals surface area contributed by atoms with E-state index in [-0.39, 0.29) is 11.6 Å². The predicted octanol–water partition coefficient (Wildman–Crippen LogP) is 4.90. The lowest BCUT2D eigenvalue weighted by Gasteiger charge is -2.13. The molecule has 5 rings (SSSR count). The molecule has 0 bridgehead atoms. The quantitative estimate of drug-likeness (QED) is 0.534. The molecule has 0 amide bonds. The molecule has 0 saturated heterocycles. The van der Waals surface area contributed by atoms with Crippen LogP contribution in [0.2, 0.25) is 0 Å². The molecule has 0 spiro atoms. The van der Waals surface area contributed by atoms with Crippen LogP contribution in [0.5, 0.6) is 0 Å². The first-order valence-corrected chi connectivity index (χ1v) is 9.39. The molecule has 6 heteroatoms. The maximum absolute atomic E-state index is 14.5. The number of rotatable bonds is 3. The van der Waals surface area contributed by atoms with Crippen LogP contribution in [0, 0.1) is 11.6 Å². The maximum Gasteiger partial charge on any atom is 0.142 e. The number of benzene rings is 2. The average Bonchev–Trinajstić information content (AvgIpc) is 3.12. The first kappa shape index (κ1) is 18.1. The summed E-state index contributed by atoms with van der Waals surface area (Å²) in [5, 5.41) is 0. The van der Waals surface area contributed by atoms with Gasteiger partial charge in [-0.3, -0.25) is 15.0 Å². The highest BCUT2D eigenvalue weighted by Gasteiger charge is 2.27. The third-order valence-electron chi connectivity index (χ3n) is 5.23. The summed E-state index contributed by atoms with van der Waals surface area (Å²) in [6, 6.07) is 15.5. The van der Waals surface area contributed by atoms with E-state index in [1.54, 1.807) is 24.5 Å². The first-order valence-electron chi connectivity index (χ1n) is 9.39. The third kappa shape index (κ3) is 3.03. The van der Waals surface area contributed by atoms with Gasteiger partial charge in [-0.15, -0.1) is 0 Å². The number of amidine groups is 1. The van der Waals surface area contributed by atoms with E-state index in [1.807, 2.05) is 30.3 Å². The van der Waals surface area contributed by atoms with Crippen LogP contribution >= 0.6 is 0 Å². The molecule has 1 aliphatic heterocycles. The molecule has 2 aromatic carbocycles. The molecule has 1 aliphatic rings. The van der Waals surface area contributed by atoms with Gasteiger partial charge in [0.05, 0.1) is 6.20 Å². The number of aromatic nitrogens is 2. The van der Waals surface area contributed by atoms with E-state index in [0.717, 1.165) is 34.0 Å². The zero-order chi connectivity index (χ0) is 20.7. The molecular formula is C24H16F2N4. The number of hydrogen-bond donors (Lipinski definition) is 1. The van der Waals surface area contributed by atoms with Crippen LogP contribution in [0.4, 0.5) is 8.78 Å². The molecule has 146 valence electrons. The Bertz CT molecular complexity index is 1290. The molecule has 3 heterocycles. The molecule has 2 N–H and O–H groups in total. The van der Waals surface area contributed by atoms with Crippen molar-refractivity contribution in [2.24, 2.45) is 10.7 Å². The third-order valence-corrected chi connectivity index (χ3v) is 5.23. The molecule has 2 aromatic heterocycles. The van der Waals surface area contributed by atoms with Gasteiger partial charge in [0.1, 0.15) is 23.5 Å². The first-order chi connectivity index (χ1) is 14.6. The SMILES string of the molecule is NC1=NC(c2ccncc2)c2cccc(-c3ccc(F)c(-c4cncc(F)c4)c3)c21. The van der Waals surface area contributed by atoms with Gasteiger partial charge in [-0.05, 0) is 52.6 Å². The summed E-state index contributed by atoms with van der Waals surface area (Å²) in [5.41, 5.74) is 11.4. The van der Waals surface area contributed by atoms with Gasteiger partial charge in [0.25, 0.3) is 0 Å². The Morgan fingerprint density at radius 3 is 2.43 bits per heavy atom. The Hall–Kier alpha value is -3.93. The van der Waals surface area contributed by atoms with Gasteiger partial charge in [-0.2, -0.15) is 0 Å². The number of fused-ring (bicyclic) bond motifs is 1. The fraction of sp³-hybridized carbons (Fsp3) is 0.0417. The van der Waals surface area contributed by atoms with Crippen LogP contribution in [0.3, 0.4) is 0 Å². The van der Waals surface area contributed by atoms with Crippen molar-refractivity contribution in [2.75, 3.05) is 0 Å². The molecule has 30 heavy (non-hydrogen) atoms. The predicted molar refractivity (Wildman–Crippen MR) is 112 cm³/mol. The van der Waals surface area contributed by atoms with Crippen molar-refractivity contribution in [1.29, 1.82) is 0 Å². The van der Waals surface area contributed by atoms with Crippen LogP contribution in [0.25, 0.3) is 22.3 Å². The van der Waals surface area contributed by atoms with Crippen LogP contribution in [-0.2, 0) is 0 Å². The summed E-state index contributed by atoms with van der Waals surface area (Å²) in [7, 11) is 0. The van der Waals surface area contributed by atoms with Crippen molar-refractivity contribution in [1.82, 2.24) is 9.97 Å². The van der Waals surface area contributed by atoms with Crippen LogP contribution in [0.15, 0.2) is 84.4 Å². The summed E-state index contributed by atoms with van der Waals surface area (Å²) in [6.07, 6.45) is 5.98. The highest BCUT2D eigenvalue weighted by atomic mass is 19.1. The summed E-state index contributed by atoms with van der Waals surface area (Å²) in [6.45, 7) is 0. The van der Waals surface area contributed by atoms with Crippen molar-refractivity contribution < 1.29 is 8.78 Å². The largest absolute Gasteiger partial charge is 0.383 e. The number of nitrogens with zero attached hydrogens (tertiary/aromatic N) is 3. The van der Waals surface area contributed by atoms with Crippen LogP contribution in [0.1, 0.15) is 22.7 Å². The Morgan fingerprint density at radius 1 is 0.800 bits per heavy atom. The van der Waals surface area contributed by atoms with Gasteiger partial charge in [0.15, 0.2) is 0 Å². The normalized spacial score (nSPS) is 15.0. The number of hydrogen-bond acceptors (Lipinski definition) is 4. The zero-order valence-electron chi connectivity index (χ0n) is 15.8. The highest BCUT2D eigenvalue weighted by Crippen LogP contribution is 2.39. The number of aliphatic imine (C=N–C) groups is 1. The standard InChI is InChI=1S/C24H16F2N4/c25-17-10-16(12-29-13-17)20-11-15(4-5-21(20)26)18-2-1-3-19-22(18)24(27)30-23(19)14-6-8-28-9-7-14/h1-13,23H,(H2,27,30). The minimum Gasteiger partial charge on any atom is -0.383 e. The van der Waals surface area contributed by atoms with Gasteiger partial charge in [0.2, 0.25) is 0 Å². The van der Waals surface area contributed by atoms with E-state index >= 15 is 0 Å². The Labute approximate surface area is 171 Å². The van der Waals surface area contributed by atoms with Crippen molar-refractivity contribution in [3.05, 3.63) is 108 Å². The van der Waals surface area contributed by atoms with E-state index in [1.165, 1.54) is 18.3 Å². The van der Waals surface area contributed by atoms with Crippen molar-refractivity contribution in [3.63, 3.8) is 0 Å². The monoisotopic (exact) mass is 398 g/mol.